The maximum Gasteiger partial charge on any atom is 0.262 e. The third-order valence-corrected chi connectivity index (χ3v) is 5.31. The van der Waals surface area contributed by atoms with Crippen LogP contribution in [0.15, 0.2) is 42.5 Å². The van der Waals surface area contributed by atoms with Gasteiger partial charge in [0.05, 0.1) is 16.9 Å². The Bertz CT molecular complexity index is 1060. The summed E-state index contributed by atoms with van der Waals surface area (Å²) >= 11 is 0. The van der Waals surface area contributed by atoms with Gasteiger partial charge in [-0.15, -0.1) is 0 Å². The highest BCUT2D eigenvalue weighted by Crippen LogP contribution is 2.26. The minimum atomic E-state index is -3.52. The Hall–Kier alpha value is -3.14. The summed E-state index contributed by atoms with van der Waals surface area (Å²) in [6, 6.07) is 6.79. The fraction of sp³-hybridized carbons (Fsp3) is 0.211. The van der Waals surface area contributed by atoms with Crippen LogP contribution in [0.4, 0.5) is 14.5 Å². The van der Waals surface area contributed by atoms with Gasteiger partial charge >= 0.3 is 0 Å². The van der Waals surface area contributed by atoms with Crippen molar-refractivity contribution in [1.82, 2.24) is 4.90 Å². The number of rotatable bonds is 6. The van der Waals surface area contributed by atoms with Crippen LogP contribution in [-0.4, -0.2) is 49.1 Å². The minimum Gasteiger partial charge on any atom is -0.324 e. The molecule has 1 atom stereocenters. The zero-order chi connectivity index (χ0) is 21.3. The molecular formula is C19H16F2N2O5S. The average Bonchev–Trinajstić information content (AvgIpc) is 2.86. The Kier molecular flexibility index (Phi) is 5.47. The van der Waals surface area contributed by atoms with E-state index in [9.17, 15) is 31.6 Å². The summed E-state index contributed by atoms with van der Waals surface area (Å²) in [5, 5.41) is 2.24. The van der Waals surface area contributed by atoms with E-state index in [2.05, 4.69) is 5.32 Å². The first-order valence-corrected chi connectivity index (χ1v) is 10.5. The molecule has 1 N–H and O–H groups in total. The number of nitrogens with zero attached hydrogens (tertiary/aromatic N) is 1. The minimum absolute atomic E-state index is 0.0893. The van der Waals surface area contributed by atoms with Crippen molar-refractivity contribution in [2.45, 2.75) is 12.5 Å². The lowest BCUT2D eigenvalue weighted by Gasteiger charge is -2.25. The van der Waals surface area contributed by atoms with Gasteiger partial charge in [0.25, 0.3) is 11.8 Å². The molecular weight excluding hydrogens is 406 g/mol. The molecule has 1 aliphatic heterocycles. The smallest absolute Gasteiger partial charge is 0.262 e. The number of halogens is 2. The first-order valence-electron chi connectivity index (χ1n) is 8.48. The highest BCUT2D eigenvalue weighted by Gasteiger charge is 2.42. The van der Waals surface area contributed by atoms with Gasteiger partial charge in [-0.25, -0.2) is 17.2 Å². The number of carbonyl (C=O) groups is 3. The molecule has 2 aromatic rings. The van der Waals surface area contributed by atoms with Gasteiger partial charge in [-0.1, -0.05) is 12.1 Å². The van der Waals surface area contributed by atoms with Crippen LogP contribution in [-0.2, 0) is 14.6 Å². The van der Waals surface area contributed by atoms with Gasteiger partial charge < -0.3 is 5.32 Å². The zero-order valence-electron chi connectivity index (χ0n) is 15.2. The van der Waals surface area contributed by atoms with E-state index in [0.717, 1.165) is 18.4 Å². The maximum absolute atomic E-state index is 13.4. The highest BCUT2D eigenvalue weighted by atomic mass is 32.2. The molecule has 0 bridgehead atoms. The molecule has 10 heteroatoms. The number of sulfone groups is 1. The van der Waals surface area contributed by atoms with Crippen molar-refractivity contribution in [2.75, 3.05) is 17.3 Å². The fourth-order valence-corrected chi connectivity index (χ4v) is 3.70. The number of imide groups is 1. The number of hydrogen-bond acceptors (Lipinski definition) is 5. The van der Waals surface area contributed by atoms with Gasteiger partial charge in [0.1, 0.15) is 27.5 Å². The van der Waals surface area contributed by atoms with Crippen molar-refractivity contribution in [3.63, 3.8) is 0 Å². The van der Waals surface area contributed by atoms with E-state index in [1.807, 2.05) is 0 Å². The molecule has 0 saturated carbocycles. The topological polar surface area (TPSA) is 101 Å². The van der Waals surface area contributed by atoms with Crippen LogP contribution < -0.4 is 5.32 Å². The van der Waals surface area contributed by atoms with Crippen molar-refractivity contribution in [3.05, 3.63) is 65.2 Å². The number of anilines is 1. The molecule has 152 valence electrons. The van der Waals surface area contributed by atoms with Crippen LogP contribution >= 0.6 is 0 Å². The predicted octanol–water partition coefficient (Wildman–Crippen LogP) is 2.00. The van der Waals surface area contributed by atoms with Crippen LogP contribution in [0.1, 0.15) is 27.1 Å². The zero-order valence-corrected chi connectivity index (χ0v) is 16.0. The van der Waals surface area contributed by atoms with E-state index in [1.54, 1.807) is 12.1 Å². The van der Waals surface area contributed by atoms with Crippen molar-refractivity contribution < 1.29 is 31.6 Å². The van der Waals surface area contributed by atoms with E-state index in [1.165, 1.54) is 12.1 Å². The summed E-state index contributed by atoms with van der Waals surface area (Å²) in [5.41, 5.74) is -0.0497. The molecule has 3 amide bonds. The standard InChI is InChI=1S/C19H16F2N2O5S/c1-29(27,28)7-6-16(17(24)22-13-9-11(20)8-12(21)10-13)23-18(25)14-4-2-3-5-15(14)19(23)26/h2-5,8-10,16H,6-7H2,1H3,(H,22,24). The first-order chi connectivity index (χ1) is 13.6. The van der Waals surface area contributed by atoms with Crippen LogP contribution in [0, 0.1) is 11.6 Å². The number of fused-ring (bicyclic) bond motifs is 1. The lowest BCUT2D eigenvalue weighted by molar-refractivity contribution is -0.120. The largest absolute Gasteiger partial charge is 0.324 e. The molecule has 0 radical (unpaired) electrons. The van der Waals surface area contributed by atoms with Crippen LogP contribution in [0.25, 0.3) is 0 Å². The Morgan fingerprint density at radius 1 is 1.03 bits per heavy atom. The Balaban J connectivity index is 1.93. The van der Waals surface area contributed by atoms with Crippen LogP contribution in [0.5, 0.6) is 0 Å². The molecule has 29 heavy (non-hydrogen) atoms. The number of benzene rings is 2. The van der Waals surface area contributed by atoms with Gasteiger partial charge in [-0.2, -0.15) is 0 Å². The molecule has 7 nitrogen and oxygen atoms in total. The highest BCUT2D eigenvalue weighted by molar-refractivity contribution is 7.90. The second-order valence-corrected chi connectivity index (χ2v) is 8.87. The quantitative estimate of drug-likeness (QED) is 0.718. The van der Waals surface area contributed by atoms with Gasteiger partial charge in [0, 0.05) is 18.0 Å². The van der Waals surface area contributed by atoms with Crippen molar-refractivity contribution in [2.24, 2.45) is 0 Å². The molecule has 0 aromatic heterocycles. The first kappa shape index (κ1) is 20.6. The molecule has 0 aliphatic carbocycles. The normalized spacial score (nSPS) is 14.7. The Morgan fingerprint density at radius 2 is 1.55 bits per heavy atom. The lowest BCUT2D eigenvalue weighted by Crippen LogP contribution is -2.48. The predicted molar refractivity (Wildman–Crippen MR) is 100 cm³/mol. The summed E-state index contributed by atoms with van der Waals surface area (Å²) in [6.07, 6.45) is 0.584. The van der Waals surface area contributed by atoms with Gasteiger partial charge in [0.2, 0.25) is 5.91 Å². The Labute approximate surface area is 165 Å². The number of carbonyl (C=O) groups excluding carboxylic acids is 3. The lowest BCUT2D eigenvalue weighted by atomic mass is 10.1. The third-order valence-electron chi connectivity index (χ3n) is 4.33. The summed E-state index contributed by atoms with van der Waals surface area (Å²) < 4.78 is 50.0. The van der Waals surface area contributed by atoms with Gasteiger partial charge in [-0.3, -0.25) is 19.3 Å². The van der Waals surface area contributed by atoms with Gasteiger partial charge in [-0.05, 0) is 30.7 Å². The third kappa shape index (κ3) is 4.48. The average molecular weight is 422 g/mol. The summed E-state index contributed by atoms with van der Waals surface area (Å²) in [6.45, 7) is 0. The van der Waals surface area contributed by atoms with E-state index in [0.29, 0.717) is 11.0 Å². The molecule has 3 rings (SSSR count). The van der Waals surface area contributed by atoms with E-state index in [-0.39, 0.29) is 23.2 Å². The fourth-order valence-electron chi connectivity index (χ4n) is 3.05. The number of hydrogen-bond donors (Lipinski definition) is 1. The van der Waals surface area contributed by atoms with E-state index in [4.69, 9.17) is 0 Å². The molecule has 2 aromatic carbocycles. The second-order valence-electron chi connectivity index (χ2n) is 6.61. The molecule has 0 spiro atoms. The van der Waals surface area contributed by atoms with Crippen molar-refractivity contribution in [3.8, 4) is 0 Å². The SMILES string of the molecule is CS(=O)(=O)CCC(C(=O)Nc1cc(F)cc(F)c1)N1C(=O)c2ccccc2C1=O. The second kappa shape index (κ2) is 7.70. The van der Waals surface area contributed by atoms with E-state index >= 15 is 0 Å². The van der Waals surface area contributed by atoms with Gasteiger partial charge in [0.15, 0.2) is 0 Å². The van der Waals surface area contributed by atoms with E-state index < -0.39 is 51.0 Å². The molecule has 0 fully saturated rings. The summed E-state index contributed by atoms with van der Waals surface area (Å²) in [5.74, 6) is -4.78. The maximum atomic E-state index is 13.4. The summed E-state index contributed by atoms with van der Waals surface area (Å²) in [7, 11) is -3.52. The Morgan fingerprint density at radius 3 is 2.03 bits per heavy atom. The van der Waals surface area contributed by atoms with Crippen LogP contribution in [0.2, 0.25) is 0 Å². The number of amides is 3. The monoisotopic (exact) mass is 422 g/mol. The van der Waals surface area contributed by atoms with Crippen molar-refractivity contribution in [1.29, 1.82) is 0 Å². The summed E-state index contributed by atoms with van der Waals surface area (Å²) in [4.78, 5) is 38.9. The number of nitrogens with one attached hydrogen (secondary N) is 1. The molecule has 0 saturated heterocycles. The molecule has 1 aliphatic rings. The molecule has 1 heterocycles. The van der Waals surface area contributed by atoms with Crippen LogP contribution in [0.3, 0.4) is 0 Å². The molecule has 1 unspecified atom stereocenters. The van der Waals surface area contributed by atoms with Crippen molar-refractivity contribution >= 4 is 33.2 Å².